The highest BCUT2D eigenvalue weighted by molar-refractivity contribution is 7.98. The van der Waals surface area contributed by atoms with Crippen molar-refractivity contribution in [1.29, 1.82) is 0 Å². The molecule has 0 bridgehead atoms. The van der Waals surface area contributed by atoms with Crippen LogP contribution in [0.2, 0.25) is 0 Å². The Morgan fingerprint density at radius 3 is 2.53 bits per heavy atom. The summed E-state index contributed by atoms with van der Waals surface area (Å²) in [5.74, 6) is -1.08. The third-order valence-corrected chi connectivity index (χ3v) is 9.57. The molecule has 1 aliphatic heterocycles. The van der Waals surface area contributed by atoms with E-state index in [1.165, 1.54) is 23.9 Å². The van der Waals surface area contributed by atoms with E-state index >= 15 is 0 Å². The van der Waals surface area contributed by atoms with Crippen molar-refractivity contribution in [2.75, 3.05) is 18.6 Å². The number of fused-ring (bicyclic) bond motifs is 1. The summed E-state index contributed by atoms with van der Waals surface area (Å²) < 4.78 is 47.0. The molecule has 0 amide bonds. The van der Waals surface area contributed by atoms with Crippen molar-refractivity contribution in [3.63, 3.8) is 0 Å². The number of carbonyl (C=O) groups is 1. The molecule has 186 valence electrons. The van der Waals surface area contributed by atoms with E-state index in [1.54, 1.807) is 18.2 Å². The zero-order valence-electron chi connectivity index (χ0n) is 20.0. The van der Waals surface area contributed by atoms with Gasteiger partial charge in [0.05, 0.1) is 23.7 Å². The van der Waals surface area contributed by atoms with E-state index in [9.17, 15) is 17.6 Å². The number of rotatable bonds is 10. The standard InChI is InChI=1S/C26H33FO5S2/c1-4-6-12-26(5-2)16-21(18-7-9-19(27)10-8-18)20-14-23(33-3)22(32-13-11-25(28)29)15-24(20)34(30,31)17-26/h7-10,14-15,21H,4-6,11-13,16-17H2,1-3H3,(H,28,29). The summed E-state index contributed by atoms with van der Waals surface area (Å²) in [6, 6.07) is 9.78. The molecule has 2 atom stereocenters. The summed E-state index contributed by atoms with van der Waals surface area (Å²) in [6.07, 6.45) is 5.82. The molecule has 2 aromatic carbocycles. The topological polar surface area (TPSA) is 80.7 Å². The van der Waals surface area contributed by atoms with Gasteiger partial charge in [0.25, 0.3) is 0 Å². The smallest absolute Gasteiger partial charge is 0.306 e. The van der Waals surface area contributed by atoms with Crippen LogP contribution in [0.15, 0.2) is 46.2 Å². The number of thioether (sulfide) groups is 1. The minimum Gasteiger partial charge on any atom is -0.492 e. The van der Waals surface area contributed by atoms with E-state index in [4.69, 9.17) is 9.84 Å². The fourth-order valence-electron chi connectivity index (χ4n) is 4.84. The van der Waals surface area contributed by atoms with Crippen LogP contribution in [0, 0.1) is 11.2 Å². The van der Waals surface area contributed by atoms with Crippen molar-refractivity contribution >= 4 is 27.6 Å². The van der Waals surface area contributed by atoms with Crippen molar-refractivity contribution in [3.8, 4) is 5.75 Å². The zero-order valence-corrected chi connectivity index (χ0v) is 21.6. The molecule has 0 saturated carbocycles. The van der Waals surface area contributed by atoms with Gasteiger partial charge in [-0.05, 0) is 60.3 Å². The Balaban J connectivity index is 2.19. The van der Waals surface area contributed by atoms with Crippen molar-refractivity contribution in [1.82, 2.24) is 0 Å². The first-order valence-corrected chi connectivity index (χ1v) is 14.6. The van der Waals surface area contributed by atoms with Crippen LogP contribution >= 0.6 is 11.8 Å². The van der Waals surface area contributed by atoms with Gasteiger partial charge in [-0.3, -0.25) is 4.79 Å². The van der Waals surface area contributed by atoms with Crippen LogP contribution in [0.25, 0.3) is 0 Å². The SMILES string of the molecule is CCCCC1(CC)CC(c2ccc(F)cc2)c2cc(SC)c(OCCC(=O)O)cc2S(=O)(=O)C1. The minimum atomic E-state index is -3.65. The molecule has 2 aromatic rings. The van der Waals surface area contributed by atoms with Crippen molar-refractivity contribution in [2.45, 2.75) is 68.1 Å². The number of sulfone groups is 1. The Kier molecular flexibility index (Phi) is 8.68. The van der Waals surface area contributed by atoms with Gasteiger partial charge in [0.2, 0.25) is 0 Å². The number of hydrogen-bond donors (Lipinski definition) is 1. The molecule has 0 aromatic heterocycles. The molecule has 0 saturated heterocycles. The summed E-state index contributed by atoms with van der Waals surface area (Å²) >= 11 is 1.43. The monoisotopic (exact) mass is 508 g/mol. The third kappa shape index (κ3) is 5.95. The first-order valence-electron chi connectivity index (χ1n) is 11.7. The van der Waals surface area contributed by atoms with Gasteiger partial charge in [0.15, 0.2) is 9.84 Å². The molecular weight excluding hydrogens is 475 g/mol. The van der Waals surface area contributed by atoms with E-state index in [-0.39, 0.29) is 35.4 Å². The lowest BCUT2D eigenvalue weighted by Gasteiger charge is -2.34. The van der Waals surface area contributed by atoms with E-state index < -0.39 is 21.2 Å². The Labute approximate surface area is 206 Å². The number of halogens is 1. The molecule has 0 aliphatic carbocycles. The van der Waals surface area contributed by atoms with Crippen LogP contribution in [0.1, 0.15) is 69.4 Å². The fourth-order valence-corrected chi connectivity index (χ4v) is 7.68. The molecule has 5 nitrogen and oxygen atoms in total. The summed E-state index contributed by atoms with van der Waals surface area (Å²) in [7, 11) is -3.65. The van der Waals surface area contributed by atoms with E-state index in [1.807, 2.05) is 12.3 Å². The van der Waals surface area contributed by atoms with Crippen LogP contribution in [0.5, 0.6) is 5.75 Å². The van der Waals surface area contributed by atoms with E-state index in [0.717, 1.165) is 36.1 Å². The van der Waals surface area contributed by atoms with Crippen molar-refractivity contribution in [3.05, 3.63) is 53.3 Å². The molecular formula is C26H33FO5S2. The van der Waals surface area contributed by atoms with Gasteiger partial charge in [0.1, 0.15) is 11.6 Å². The van der Waals surface area contributed by atoms with Gasteiger partial charge < -0.3 is 9.84 Å². The average Bonchev–Trinajstić information content (AvgIpc) is 2.90. The molecule has 3 rings (SSSR count). The largest absolute Gasteiger partial charge is 0.492 e. The maximum atomic E-state index is 13.8. The lowest BCUT2D eigenvalue weighted by Crippen LogP contribution is -2.29. The number of aliphatic carboxylic acids is 1. The van der Waals surface area contributed by atoms with Gasteiger partial charge in [-0.25, -0.2) is 12.8 Å². The Morgan fingerprint density at radius 1 is 1.24 bits per heavy atom. The molecule has 2 unspecified atom stereocenters. The van der Waals surface area contributed by atoms with Crippen LogP contribution in [-0.2, 0) is 14.6 Å². The molecule has 1 N–H and O–H groups in total. The molecule has 0 radical (unpaired) electrons. The highest BCUT2D eigenvalue weighted by atomic mass is 32.2. The highest BCUT2D eigenvalue weighted by Gasteiger charge is 2.42. The van der Waals surface area contributed by atoms with Crippen molar-refractivity contribution < 1.29 is 27.4 Å². The predicted octanol–water partition coefficient (Wildman–Crippen LogP) is 6.30. The lowest BCUT2D eigenvalue weighted by atomic mass is 9.71. The lowest BCUT2D eigenvalue weighted by molar-refractivity contribution is -0.137. The average molecular weight is 509 g/mol. The van der Waals surface area contributed by atoms with Crippen LogP contribution in [0.3, 0.4) is 0 Å². The first-order chi connectivity index (χ1) is 16.1. The zero-order chi connectivity index (χ0) is 24.9. The molecule has 8 heteroatoms. The Bertz CT molecular complexity index is 1110. The second-order valence-corrected chi connectivity index (χ2v) is 11.9. The summed E-state index contributed by atoms with van der Waals surface area (Å²) in [5, 5.41) is 8.96. The van der Waals surface area contributed by atoms with Gasteiger partial charge in [-0.15, -0.1) is 11.8 Å². The number of ether oxygens (including phenoxy) is 1. The number of benzene rings is 2. The van der Waals surface area contributed by atoms with Gasteiger partial charge in [0, 0.05) is 16.9 Å². The number of carboxylic acids is 1. The Morgan fingerprint density at radius 2 is 1.94 bits per heavy atom. The maximum absolute atomic E-state index is 13.8. The van der Waals surface area contributed by atoms with Gasteiger partial charge >= 0.3 is 5.97 Å². The molecule has 0 spiro atoms. The van der Waals surface area contributed by atoms with Crippen LogP contribution in [0.4, 0.5) is 4.39 Å². The fraction of sp³-hybridized carbons (Fsp3) is 0.500. The normalized spacial score (nSPS) is 21.5. The number of unbranched alkanes of at least 4 members (excludes halogenated alkanes) is 1. The number of carboxylic acid groups (broad SMARTS) is 1. The van der Waals surface area contributed by atoms with Crippen molar-refractivity contribution in [2.24, 2.45) is 5.41 Å². The van der Waals surface area contributed by atoms with E-state index in [0.29, 0.717) is 17.7 Å². The molecule has 1 aliphatic rings. The van der Waals surface area contributed by atoms with Gasteiger partial charge in [-0.2, -0.15) is 0 Å². The second kappa shape index (κ2) is 11.1. The Hall–Kier alpha value is -2.06. The van der Waals surface area contributed by atoms with E-state index in [2.05, 4.69) is 13.8 Å². The summed E-state index contributed by atoms with van der Waals surface area (Å²) in [6.45, 7) is 4.11. The summed E-state index contributed by atoms with van der Waals surface area (Å²) in [4.78, 5) is 11.9. The van der Waals surface area contributed by atoms with Gasteiger partial charge in [-0.1, -0.05) is 38.8 Å². The second-order valence-electron chi connectivity index (χ2n) is 9.06. The third-order valence-electron chi connectivity index (χ3n) is 6.80. The number of hydrogen-bond acceptors (Lipinski definition) is 5. The molecule has 34 heavy (non-hydrogen) atoms. The minimum absolute atomic E-state index is 0.0431. The van der Waals surface area contributed by atoms with Crippen LogP contribution in [-0.4, -0.2) is 38.1 Å². The maximum Gasteiger partial charge on any atom is 0.306 e. The van der Waals surface area contributed by atoms with Crippen LogP contribution < -0.4 is 4.74 Å². The highest BCUT2D eigenvalue weighted by Crippen LogP contribution is 2.50. The molecule has 1 heterocycles. The predicted molar refractivity (Wildman–Crippen MR) is 133 cm³/mol. The molecule has 0 fully saturated rings. The quantitative estimate of drug-likeness (QED) is 0.380. The first kappa shape index (κ1) is 26.5. The summed E-state index contributed by atoms with van der Waals surface area (Å²) in [5.41, 5.74) is 1.20.